The van der Waals surface area contributed by atoms with Gasteiger partial charge in [-0.1, -0.05) is 26.0 Å². The maximum Gasteiger partial charge on any atom is 0.191 e. The van der Waals surface area contributed by atoms with Crippen molar-refractivity contribution in [2.45, 2.75) is 41.0 Å². The molecule has 0 aliphatic rings. The van der Waals surface area contributed by atoms with Gasteiger partial charge in [-0.25, -0.2) is 8.42 Å². The minimum absolute atomic E-state index is 0. The molecule has 0 amide bonds. The molecule has 1 rings (SSSR count). The van der Waals surface area contributed by atoms with Gasteiger partial charge in [0.15, 0.2) is 5.96 Å². The topological polar surface area (TPSA) is 73.8 Å². The van der Waals surface area contributed by atoms with E-state index >= 15 is 0 Å². The van der Waals surface area contributed by atoms with E-state index in [1.54, 1.807) is 0 Å². The van der Waals surface area contributed by atoms with Crippen LogP contribution in [0.4, 0.5) is 5.69 Å². The molecule has 1 aromatic carbocycles. The monoisotopic (exact) mass is 538 g/mol. The van der Waals surface area contributed by atoms with Crippen molar-refractivity contribution in [2.75, 3.05) is 49.6 Å². The number of anilines is 1. The zero-order chi connectivity index (χ0) is 21.2. The molecule has 0 unspecified atom stereocenters. The largest absolute Gasteiger partial charge is 0.370 e. The van der Waals surface area contributed by atoms with E-state index in [2.05, 4.69) is 72.5 Å². The van der Waals surface area contributed by atoms with Gasteiger partial charge in [0.05, 0.1) is 5.75 Å². The molecule has 0 spiro atoms. The molecule has 8 heteroatoms. The Morgan fingerprint density at radius 3 is 2.45 bits per heavy atom. The molecule has 0 radical (unpaired) electrons. The van der Waals surface area contributed by atoms with Gasteiger partial charge in [0, 0.05) is 44.7 Å². The minimum Gasteiger partial charge on any atom is -0.370 e. The van der Waals surface area contributed by atoms with Crippen LogP contribution in [0.2, 0.25) is 0 Å². The molecule has 2 N–H and O–H groups in total. The highest BCUT2D eigenvalue weighted by atomic mass is 127. The standard InChI is InChI=1S/C21H38N4O2S.HI/c1-7-22-20(24-17-21(4,5)12-15-28(6,26)27)23-13-14-25(8-2)19-11-9-10-18(3)16-19;/h9-11,16H,7-8,12-15,17H2,1-6H3,(H2,22,23,24);1H. The predicted octanol–water partition coefficient (Wildman–Crippen LogP) is 3.46. The third-order valence-corrected chi connectivity index (χ3v) is 5.53. The van der Waals surface area contributed by atoms with Crippen molar-refractivity contribution in [1.82, 2.24) is 10.6 Å². The Bertz CT molecular complexity index is 736. The Morgan fingerprint density at radius 1 is 1.21 bits per heavy atom. The number of guanidine groups is 1. The first-order valence-electron chi connectivity index (χ1n) is 10.1. The van der Waals surface area contributed by atoms with Gasteiger partial charge in [0.25, 0.3) is 0 Å². The van der Waals surface area contributed by atoms with E-state index in [1.807, 2.05) is 6.92 Å². The fraction of sp³-hybridized carbons (Fsp3) is 0.667. The number of nitrogens with zero attached hydrogens (tertiary/aromatic N) is 2. The highest BCUT2D eigenvalue weighted by Crippen LogP contribution is 2.21. The number of benzene rings is 1. The molecule has 0 saturated carbocycles. The van der Waals surface area contributed by atoms with Crippen LogP contribution in [0.5, 0.6) is 0 Å². The summed E-state index contributed by atoms with van der Waals surface area (Å²) in [5.41, 5.74) is 2.32. The summed E-state index contributed by atoms with van der Waals surface area (Å²) in [5.74, 6) is 0.969. The van der Waals surface area contributed by atoms with Crippen LogP contribution in [0.1, 0.15) is 39.7 Å². The van der Waals surface area contributed by atoms with E-state index < -0.39 is 9.84 Å². The number of halogens is 1. The fourth-order valence-corrected chi connectivity index (χ4v) is 3.70. The van der Waals surface area contributed by atoms with Crippen molar-refractivity contribution in [3.63, 3.8) is 0 Å². The maximum absolute atomic E-state index is 11.4. The molecular formula is C21H39IN4O2S. The van der Waals surface area contributed by atoms with Gasteiger partial charge >= 0.3 is 0 Å². The fourth-order valence-electron chi connectivity index (χ4n) is 2.78. The van der Waals surface area contributed by atoms with Crippen molar-refractivity contribution in [3.05, 3.63) is 29.8 Å². The van der Waals surface area contributed by atoms with E-state index in [0.29, 0.717) is 13.0 Å². The lowest BCUT2D eigenvalue weighted by molar-refractivity contribution is 0.365. The summed E-state index contributed by atoms with van der Waals surface area (Å²) in [6.45, 7) is 14.4. The van der Waals surface area contributed by atoms with Gasteiger partial charge in [-0.3, -0.25) is 4.99 Å². The number of hydrogen-bond donors (Lipinski definition) is 2. The third-order valence-electron chi connectivity index (χ3n) is 4.58. The van der Waals surface area contributed by atoms with Crippen LogP contribution in [-0.2, 0) is 9.84 Å². The lowest BCUT2D eigenvalue weighted by Gasteiger charge is -2.25. The summed E-state index contributed by atoms with van der Waals surface area (Å²) in [6, 6.07) is 8.54. The van der Waals surface area contributed by atoms with Gasteiger partial charge in [-0.05, 0) is 50.3 Å². The number of aliphatic imine (C=N–C) groups is 1. The first-order valence-corrected chi connectivity index (χ1v) is 12.1. The average Bonchev–Trinajstić information content (AvgIpc) is 2.61. The second-order valence-corrected chi connectivity index (χ2v) is 10.3. The minimum atomic E-state index is -2.95. The normalized spacial score (nSPS) is 12.3. The smallest absolute Gasteiger partial charge is 0.191 e. The molecule has 0 fully saturated rings. The molecule has 0 aliphatic carbocycles. The van der Waals surface area contributed by atoms with Gasteiger partial charge in [-0.15, -0.1) is 24.0 Å². The molecule has 1 aromatic rings. The number of hydrogen-bond acceptors (Lipinski definition) is 4. The lowest BCUT2D eigenvalue weighted by Crippen LogP contribution is -2.42. The molecule has 0 saturated heterocycles. The molecule has 0 bridgehead atoms. The number of nitrogens with one attached hydrogen (secondary N) is 2. The first kappa shape index (κ1) is 28.0. The van der Waals surface area contributed by atoms with E-state index in [4.69, 9.17) is 0 Å². The van der Waals surface area contributed by atoms with E-state index in [-0.39, 0.29) is 35.1 Å². The van der Waals surface area contributed by atoms with Crippen molar-refractivity contribution in [3.8, 4) is 0 Å². The van der Waals surface area contributed by atoms with E-state index in [1.165, 1.54) is 17.5 Å². The van der Waals surface area contributed by atoms with Gasteiger partial charge in [-0.2, -0.15) is 0 Å². The molecule has 0 heterocycles. The van der Waals surface area contributed by atoms with Crippen molar-refractivity contribution < 1.29 is 8.42 Å². The van der Waals surface area contributed by atoms with Crippen molar-refractivity contribution >= 4 is 45.5 Å². The van der Waals surface area contributed by atoms with Crippen LogP contribution < -0.4 is 15.5 Å². The number of aryl methyl sites for hydroxylation is 1. The first-order chi connectivity index (χ1) is 13.1. The Kier molecular flexibility index (Phi) is 12.8. The molecule has 0 aromatic heterocycles. The molecule has 0 atom stereocenters. The van der Waals surface area contributed by atoms with Crippen molar-refractivity contribution in [1.29, 1.82) is 0 Å². The molecule has 29 heavy (non-hydrogen) atoms. The molecule has 168 valence electrons. The summed E-state index contributed by atoms with van der Waals surface area (Å²) in [5, 5.41) is 6.66. The molecule has 6 nitrogen and oxygen atoms in total. The van der Waals surface area contributed by atoms with Crippen LogP contribution in [-0.4, -0.2) is 59.1 Å². The number of likely N-dealkylation sites (N-methyl/N-ethyl adjacent to an activating group) is 1. The predicted molar refractivity (Wildman–Crippen MR) is 137 cm³/mol. The number of rotatable bonds is 11. The van der Waals surface area contributed by atoms with Crippen LogP contribution in [0.25, 0.3) is 0 Å². The highest BCUT2D eigenvalue weighted by Gasteiger charge is 2.20. The highest BCUT2D eigenvalue weighted by molar-refractivity contribution is 14.0. The summed E-state index contributed by atoms with van der Waals surface area (Å²) >= 11 is 0. The average molecular weight is 539 g/mol. The Labute approximate surface area is 194 Å². The summed E-state index contributed by atoms with van der Waals surface area (Å²) in [4.78, 5) is 7.01. The number of sulfone groups is 1. The zero-order valence-corrected chi connectivity index (χ0v) is 21.9. The van der Waals surface area contributed by atoms with Crippen LogP contribution in [0, 0.1) is 12.3 Å². The van der Waals surface area contributed by atoms with Crippen molar-refractivity contribution in [2.24, 2.45) is 10.4 Å². The summed E-state index contributed by atoms with van der Waals surface area (Å²) in [7, 11) is -2.95. The Hall–Kier alpha value is -1.03. The zero-order valence-electron chi connectivity index (χ0n) is 18.8. The Balaban J connectivity index is 0.00000784. The van der Waals surface area contributed by atoms with E-state index in [9.17, 15) is 8.42 Å². The third kappa shape index (κ3) is 12.3. The summed E-state index contributed by atoms with van der Waals surface area (Å²) in [6.07, 6.45) is 1.89. The molecule has 0 aliphatic heterocycles. The van der Waals surface area contributed by atoms with Gasteiger partial charge in [0.1, 0.15) is 9.84 Å². The quantitative estimate of drug-likeness (QED) is 0.257. The van der Waals surface area contributed by atoms with E-state index in [0.717, 1.165) is 32.1 Å². The van der Waals surface area contributed by atoms with Crippen LogP contribution in [0.3, 0.4) is 0 Å². The summed E-state index contributed by atoms with van der Waals surface area (Å²) < 4.78 is 22.9. The van der Waals surface area contributed by atoms with Crippen LogP contribution in [0.15, 0.2) is 29.3 Å². The van der Waals surface area contributed by atoms with Crippen LogP contribution >= 0.6 is 24.0 Å². The lowest BCUT2D eigenvalue weighted by atomic mass is 9.90. The molecular weight excluding hydrogens is 499 g/mol. The second kappa shape index (κ2) is 13.3. The SMILES string of the molecule is CCNC(=NCC(C)(C)CCS(C)(=O)=O)NCCN(CC)c1cccc(C)c1.I. The Morgan fingerprint density at radius 2 is 1.90 bits per heavy atom. The van der Waals surface area contributed by atoms with Gasteiger partial charge < -0.3 is 15.5 Å². The van der Waals surface area contributed by atoms with Gasteiger partial charge in [0.2, 0.25) is 0 Å². The maximum atomic E-state index is 11.4. The second-order valence-electron chi connectivity index (χ2n) is 8.08.